The van der Waals surface area contributed by atoms with Crippen LogP contribution in [0.3, 0.4) is 0 Å². The van der Waals surface area contributed by atoms with Crippen molar-refractivity contribution in [2.45, 2.75) is 0 Å². The van der Waals surface area contributed by atoms with E-state index in [0.717, 1.165) is 27.5 Å². The third-order valence-electron chi connectivity index (χ3n) is 8.87. The van der Waals surface area contributed by atoms with Crippen molar-refractivity contribution in [1.29, 1.82) is 0 Å². The van der Waals surface area contributed by atoms with Crippen LogP contribution in [-0.2, 0) is 0 Å². The minimum atomic E-state index is 0.923. The molecule has 0 aliphatic heterocycles. The second kappa shape index (κ2) is 9.44. The number of benzene rings is 8. The lowest BCUT2D eigenvalue weighted by Crippen LogP contribution is -1.86. The van der Waals surface area contributed by atoms with E-state index in [4.69, 9.17) is 4.42 Å². The molecular formula is C42H26O. The molecule has 0 unspecified atom stereocenters. The van der Waals surface area contributed by atoms with Gasteiger partial charge in [0.2, 0.25) is 0 Å². The third kappa shape index (κ3) is 3.86. The Labute approximate surface area is 249 Å². The minimum Gasteiger partial charge on any atom is -0.456 e. The summed E-state index contributed by atoms with van der Waals surface area (Å²) in [5.74, 6) is 0. The Balaban J connectivity index is 1.09. The molecule has 0 aliphatic rings. The number of fused-ring (bicyclic) bond motifs is 9. The zero-order valence-electron chi connectivity index (χ0n) is 23.4. The second-order valence-electron chi connectivity index (χ2n) is 11.3. The molecule has 0 bridgehead atoms. The maximum Gasteiger partial charge on any atom is 0.136 e. The number of hydrogen-bond acceptors (Lipinski definition) is 1. The Bertz CT molecular complexity index is 2460. The Hall–Kier alpha value is -5.66. The summed E-state index contributed by atoms with van der Waals surface area (Å²) in [6.07, 6.45) is 0. The first-order valence-electron chi connectivity index (χ1n) is 14.8. The summed E-state index contributed by atoms with van der Waals surface area (Å²) in [5.41, 5.74) is 9.04. The van der Waals surface area contributed by atoms with Crippen molar-refractivity contribution in [3.05, 3.63) is 158 Å². The van der Waals surface area contributed by atoms with Gasteiger partial charge in [0.25, 0.3) is 0 Å². The van der Waals surface area contributed by atoms with Crippen LogP contribution in [-0.4, -0.2) is 0 Å². The minimum absolute atomic E-state index is 0.923. The van der Waals surface area contributed by atoms with Crippen LogP contribution in [0.2, 0.25) is 0 Å². The van der Waals surface area contributed by atoms with Crippen LogP contribution in [0.1, 0.15) is 0 Å². The predicted molar refractivity (Wildman–Crippen MR) is 183 cm³/mol. The number of hydrogen-bond donors (Lipinski definition) is 0. The van der Waals surface area contributed by atoms with Crippen molar-refractivity contribution in [3.63, 3.8) is 0 Å². The molecule has 0 spiro atoms. The molecule has 0 saturated carbocycles. The van der Waals surface area contributed by atoms with Crippen LogP contribution in [0.25, 0.3) is 87.6 Å². The van der Waals surface area contributed by atoms with E-state index >= 15 is 0 Å². The maximum absolute atomic E-state index is 6.13. The monoisotopic (exact) mass is 546 g/mol. The molecule has 0 saturated heterocycles. The van der Waals surface area contributed by atoms with E-state index in [1.165, 1.54) is 60.1 Å². The Morgan fingerprint density at radius 1 is 0.233 bits per heavy atom. The lowest BCUT2D eigenvalue weighted by Gasteiger charge is -2.12. The highest BCUT2D eigenvalue weighted by Gasteiger charge is 2.11. The van der Waals surface area contributed by atoms with Gasteiger partial charge in [0.1, 0.15) is 11.2 Å². The van der Waals surface area contributed by atoms with Crippen LogP contribution in [0, 0.1) is 0 Å². The van der Waals surface area contributed by atoms with Crippen LogP contribution in [0.4, 0.5) is 0 Å². The van der Waals surface area contributed by atoms with Crippen molar-refractivity contribution < 1.29 is 4.42 Å². The van der Waals surface area contributed by atoms with Crippen molar-refractivity contribution in [2.75, 3.05) is 0 Å². The molecule has 200 valence electrons. The van der Waals surface area contributed by atoms with Crippen LogP contribution in [0.15, 0.2) is 162 Å². The van der Waals surface area contributed by atoms with Gasteiger partial charge in [0.05, 0.1) is 0 Å². The first-order valence-corrected chi connectivity index (χ1v) is 14.8. The molecule has 8 aromatic carbocycles. The molecule has 1 aromatic heterocycles. The molecule has 9 rings (SSSR count). The lowest BCUT2D eigenvalue weighted by molar-refractivity contribution is 0.669. The van der Waals surface area contributed by atoms with Crippen molar-refractivity contribution >= 4 is 54.3 Å². The van der Waals surface area contributed by atoms with Gasteiger partial charge >= 0.3 is 0 Å². The van der Waals surface area contributed by atoms with Gasteiger partial charge < -0.3 is 4.42 Å². The van der Waals surface area contributed by atoms with Crippen molar-refractivity contribution in [1.82, 2.24) is 0 Å². The standard InChI is InChI=1S/C42H26O/c1-2-12-35-33(10-1)34-11-3-4-13-36(34)40-25-31(20-22-37(35)40)30-9-7-8-29(24-30)27-16-18-28(19-17-27)32-21-23-39-38-14-5-6-15-41(38)43-42(39)26-32/h1-26H. The summed E-state index contributed by atoms with van der Waals surface area (Å²) in [6, 6.07) is 56.9. The summed E-state index contributed by atoms with van der Waals surface area (Å²) < 4.78 is 6.13. The first-order chi connectivity index (χ1) is 21.3. The normalized spacial score (nSPS) is 11.7. The smallest absolute Gasteiger partial charge is 0.136 e. The summed E-state index contributed by atoms with van der Waals surface area (Å²) in [7, 11) is 0. The average molecular weight is 547 g/mol. The van der Waals surface area contributed by atoms with Gasteiger partial charge in [0, 0.05) is 10.8 Å². The van der Waals surface area contributed by atoms with Gasteiger partial charge in [-0.2, -0.15) is 0 Å². The highest BCUT2D eigenvalue weighted by molar-refractivity contribution is 6.25. The molecule has 1 nitrogen and oxygen atoms in total. The van der Waals surface area contributed by atoms with Gasteiger partial charge in [-0.3, -0.25) is 0 Å². The number of furan rings is 1. The van der Waals surface area contributed by atoms with Crippen molar-refractivity contribution in [3.8, 4) is 33.4 Å². The zero-order chi connectivity index (χ0) is 28.3. The molecular weight excluding hydrogens is 520 g/mol. The Kier molecular flexibility index (Phi) is 5.27. The largest absolute Gasteiger partial charge is 0.456 e. The zero-order valence-corrected chi connectivity index (χ0v) is 23.4. The fourth-order valence-electron chi connectivity index (χ4n) is 6.73. The van der Waals surface area contributed by atoms with Crippen LogP contribution < -0.4 is 0 Å². The van der Waals surface area contributed by atoms with E-state index in [2.05, 4.69) is 146 Å². The second-order valence-corrected chi connectivity index (χ2v) is 11.3. The van der Waals surface area contributed by atoms with Crippen LogP contribution >= 0.6 is 0 Å². The molecule has 0 fully saturated rings. The SMILES string of the molecule is c1cc(-c2ccc(-c3ccc4c(c3)oc3ccccc34)cc2)cc(-c2ccc3c4ccccc4c4ccccc4c3c2)c1. The summed E-state index contributed by atoms with van der Waals surface area (Å²) in [4.78, 5) is 0. The van der Waals surface area contributed by atoms with Gasteiger partial charge in [-0.25, -0.2) is 0 Å². The van der Waals surface area contributed by atoms with E-state index < -0.39 is 0 Å². The van der Waals surface area contributed by atoms with E-state index in [1.807, 2.05) is 12.1 Å². The molecule has 0 aliphatic carbocycles. The molecule has 0 atom stereocenters. The molecule has 0 amide bonds. The first kappa shape index (κ1) is 24.0. The molecule has 0 N–H and O–H groups in total. The lowest BCUT2D eigenvalue weighted by atomic mass is 9.91. The quantitative estimate of drug-likeness (QED) is 0.201. The average Bonchev–Trinajstić information content (AvgIpc) is 3.46. The fraction of sp³-hybridized carbons (Fsp3) is 0. The highest BCUT2D eigenvalue weighted by Crippen LogP contribution is 2.38. The fourth-order valence-corrected chi connectivity index (χ4v) is 6.73. The highest BCUT2D eigenvalue weighted by atomic mass is 16.3. The number of para-hydroxylation sites is 1. The van der Waals surface area contributed by atoms with E-state index in [0.29, 0.717) is 0 Å². The van der Waals surface area contributed by atoms with Gasteiger partial charge in [-0.15, -0.1) is 0 Å². The van der Waals surface area contributed by atoms with E-state index in [-0.39, 0.29) is 0 Å². The topological polar surface area (TPSA) is 13.1 Å². The van der Waals surface area contributed by atoms with E-state index in [1.54, 1.807) is 0 Å². The van der Waals surface area contributed by atoms with Crippen molar-refractivity contribution in [2.24, 2.45) is 0 Å². The predicted octanol–water partition coefficient (Wildman–Crippen LogP) is 12.0. The maximum atomic E-state index is 6.13. The summed E-state index contributed by atoms with van der Waals surface area (Å²) in [5, 5.41) is 10.1. The van der Waals surface area contributed by atoms with Gasteiger partial charge in [-0.1, -0.05) is 127 Å². The van der Waals surface area contributed by atoms with Crippen LogP contribution in [0.5, 0.6) is 0 Å². The van der Waals surface area contributed by atoms with E-state index in [9.17, 15) is 0 Å². The van der Waals surface area contributed by atoms with Gasteiger partial charge in [0.15, 0.2) is 0 Å². The third-order valence-corrected chi connectivity index (χ3v) is 8.87. The molecule has 1 heteroatoms. The number of rotatable bonds is 3. The molecule has 1 heterocycles. The summed E-state index contributed by atoms with van der Waals surface area (Å²) >= 11 is 0. The molecule has 43 heavy (non-hydrogen) atoms. The molecule has 9 aromatic rings. The molecule has 0 radical (unpaired) electrons. The van der Waals surface area contributed by atoms with Gasteiger partial charge in [-0.05, 0) is 96.0 Å². The Morgan fingerprint density at radius 2 is 0.651 bits per heavy atom. The Morgan fingerprint density at radius 3 is 1.30 bits per heavy atom. The summed E-state index contributed by atoms with van der Waals surface area (Å²) in [6.45, 7) is 0.